The monoisotopic (exact) mass is 445 g/mol. The lowest BCUT2D eigenvalue weighted by Crippen LogP contribution is -2.30. The van der Waals surface area contributed by atoms with Crippen LogP contribution in [-0.4, -0.2) is 34.8 Å². The van der Waals surface area contributed by atoms with Crippen molar-refractivity contribution < 1.29 is 23.1 Å². The molecule has 0 amide bonds. The normalized spacial score (nSPS) is 17.2. The molecular formula is C23H22F3N3O3. The molecule has 2 atom stereocenters. The van der Waals surface area contributed by atoms with Crippen LogP contribution in [0.2, 0.25) is 0 Å². The van der Waals surface area contributed by atoms with Crippen molar-refractivity contribution in [3.63, 3.8) is 0 Å². The maximum Gasteiger partial charge on any atom is 0.341 e. The van der Waals surface area contributed by atoms with Crippen molar-refractivity contribution in [3.8, 4) is 5.69 Å². The first kappa shape index (κ1) is 21.9. The number of hydrogen-bond acceptors (Lipinski definition) is 4. The van der Waals surface area contributed by atoms with Crippen LogP contribution in [-0.2, 0) is 0 Å². The van der Waals surface area contributed by atoms with Crippen LogP contribution in [0, 0.1) is 30.3 Å². The summed E-state index contributed by atoms with van der Waals surface area (Å²) in [6, 6.07) is 4.16. The van der Waals surface area contributed by atoms with Crippen molar-refractivity contribution in [2.45, 2.75) is 26.3 Å². The molecule has 0 aliphatic carbocycles. The van der Waals surface area contributed by atoms with Crippen LogP contribution in [0.4, 0.5) is 18.9 Å². The maximum absolute atomic E-state index is 15.4. The highest BCUT2D eigenvalue weighted by atomic mass is 19.1. The quantitative estimate of drug-likeness (QED) is 0.641. The molecule has 1 aliphatic heterocycles. The molecule has 4 rings (SSSR count). The van der Waals surface area contributed by atoms with E-state index in [4.69, 9.17) is 5.73 Å². The molecule has 0 bridgehead atoms. The Balaban J connectivity index is 2.04. The topological polar surface area (TPSA) is 88.6 Å². The van der Waals surface area contributed by atoms with Crippen LogP contribution < -0.4 is 16.1 Å². The van der Waals surface area contributed by atoms with Gasteiger partial charge < -0.3 is 20.3 Å². The Morgan fingerprint density at radius 2 is 1.94 bits per heavy atom. The molecule has 9 heteroatoms. The first-order chi connectivity index (χ1) is 15.1. The molecule has 0 saturated carbocycles. The fourth-order valence-electron chi connectivity index (χ4n) is 4.32. The smallest absolute Gasteiger partial charge is 0.341 e. The molecule has 168 valence electrons. The molecule has 32 heavy (non-hydrogen) atoms. The summed E-state index contributed by atoms with van der Waals surface area (Å²) in [6.45, 7) is 4.34. The lowest BCUT2D eigenvalue weighted by molar-refractivity contribution is 0.0695. The van der Waals surface area contributed by atoms with Crippen molar-refractivity contribution in [1.29, 1.82) is 0 Å². The number of carboxylic acids is 1. The number of halogens is 3. The minimum Gasteiger partial charge on any atom is -0.477 e. The van der Waals surface area contributed by atoms with E-state index in [0.717, 1.165) is 29.3 Å². The second-order valence-corrected chi connectivity index (χ2v) is 8.23. The Morgan fingerprint density at radius 1 is 1.22 bits per heavy atom. The number of aromatic carboxylic acids is 1. The number of pyridine rings is 1. The zero-order chi connectivity index (χ0) is 23.3. The van der Waals surface area contributed by atoms with Crippen molar-refractivity contribution >= 4 is 22.6 Å². The molecule has 0 radical (unpaired) electrons. The second-order valence-electron chi connectivity index (χ2n) is 8.23. The summed E-state index contributed by atoms with van der Waals surface area (Å²) < 4.78 is 44.7. The van der Waals surface area contributed by atoms with Gasteiger partial charge in [0, 0.05) is 37.0 Å². The summed E-state index contributed by atoms with van der Waals surface area (Å²) in [7, 11) is 0. The summed E-state index contributed by atoms with van der Waals surface area (Å²) in [5.41, 5.74) is 4.63. The third kappa shape index (κ3) is 3.52. The third-order valence-electron chi connectivity index (χ3n) is 6.16. The maximum atomic E-state index is 15.4. The van der Waals surface area contributed by atoms with E-state index >= 15 is 4.39 Å². The summed E-state index contributed by atoms with van der Waals surface area (Å²) >= 11 is 0. The molecule has 6 nitrogen and oxygen atoms in total. The lowest BCUT2D eigenvalue weighted by atomic mass is 10.0. The van der Waals surface area contributed by atoms with E-state index in [1.54, 1.807) is 0 Å². The number of aromatic nitrogens is 1. The number of anilines is 1. The number of fused-ring (bicyclic) bond motifs is 1. The number of carbonyl (C=O) groups is 1. The fraction of sp³-hybridized carbons (Fsp3) is 0.304. The van der Waals surface area contributed by atoms with Gasteiger partial charge in [0.05, 0.1) is 22.3 Å². The molecular weight excluding hydrogens is 423 g/mol. The number of nitrogens with two attached hydrogens (primary N) is 1. The predicted octanol–water partition coefficient (Wildman–Crippen LogP) is 3.59. The van der Waals surface area contributed by atoms with Gasteiger partial charge >= 0.3 is 5.97 Å². The number of benzene rings is 2. The Bertz CT molecular complexity index is 1300. The third-order valence-corrected chi connectivity index (χ3v) is 6.16. The van der Waals surface area contributed by atoms with Crippen LogP contribution in [0.1, 0.15) is 29.3 Å². The van der Waals surface area contributed by atoms with E-state index in [9.17, 15) is 23.5 Å². The molecule has 2 aromatic carbocycles. The van der Waals surface area contributed by atoms with Gasteiger partial charge in [-0.3, -0.25) is 4.79 Å². The number of carboxylic acid groups (broad SMARTS) is 1. The average Bonchev–Trinajstić information content (AvgIpc) is 3.21. The van der Waals surface area contributed by atoms with Gasteiger partial charge in [-0.2, -0.15) is 0 Å². The lowest BCUT2D eigenvalue weighted by Gasteiger charge is -2.23. The first-order valence-corrected chi connectivity index (χ1v) is 10.2. The van der Waals surface area contributed by atoms with Gasteiger partial charge in [-0.25, -0.2) is 18.0 Å². The van der Waals surface area contributed by atoms with E-state index in [1.165, 1.54) is 13.0 Å². The van der Waals surface area contributed by atoms with Gasteiger partial charge in [-0.1, -0.05) is 0 Å². The fourth-order valence-corrected chi connectivity index (χ4v) is 4.32. The van der Waals surface area contributed by atoms with Gasteiger partial charge in [-0.05, 0) is 44.4 Å². The Kier molecular flexibility index (Phi) is 5.46. The van der Waals surface area contributed by atoms with Gasteiger partial charge in [-0.15, -0.1) is 0 Å². The summed E-state index contributed by atoms with van der Waals surface area (Å²) in [5.74, 6) is -3.77. The highest BCUT2D eigenvalue weighted by molar-refractivity contribution is 5.95. The standard InChI is InChI=1S/C23H22F3N3O3/c1-11-20-18(8-19(21(11)26)28-6-5-13(9-28)12(2)27)29(10-15(22(20)30)23(31)32)17-4-3-14(24)7-16(17)25/h3-4,7-8,10,12-13H,5-6,9,27H2,1-2H3,(H,31,32)/t12-,13-/m1/s1. The van der Waals surface area contributed by atoms with Crippen molar-refractivity contribution in [2.75, 3.05) is 18.0 Å². The second kappa shape index (κ2) is 7.98. The van der Waals surface area contributed by atoms with Crippen molar-refractivity contribution in [1.82, 2.24) is 4.57 Å². The molecule has 3 N–H and O–H groups in total. The zero-order valence-electron chi connectivity index (χ0n) is 17.5. The van der Waals surface area contributed by atoms with E-state index in [0.29, 0.717) is 19.2 Å². The summed E-state index contributed by atoms with van der Waals surface area (Å²) in [4.78, 5) is 26.4. The van der Waals surface area contributed by atoms with Gasteiger partial charge in [0.1, 0.15) is 23.0 Å². The highest BCUT2D eigenvalue weighted by Crippen LogP contribution is 2.34. The number of rotatable bonds is 4. The molecule has 1 aromatic heterocycles. The zero-order valence-corrected chi connectivity index (χ0v) is 17.5. The first-order valence-electron chi connectivity index (χ1n) is 10.2. The van der Waals surface area contributed by atoms with Gasteiger partial charge in [0.25, 0.3) is 0 Å². The van der Waals surface area contributed by atoms with Crippen LogP contribution in [0.5, 0.6) is 0 Å². The van der Waals surface area contributed by atoms with Gasteiger partial charge in [0.2, 0.25) is 5.43 Å². The Labute approximate surface area is 181 Å². The Morgan fingerprint density at radius 3 is 2.53 bits per heavy atom. The number of aryl methyl sites for hydroxylation is 1. The predicted molar refractivity (Wildman–Crippen MR) is 115 cm³/mol. The van der Waals surface area contributed by atoms with Crippen LogP contribution in [0.25, 0.3) is 16.6 Å². The largest absolute Gasteiger partial charge is 0.477 e. The van der Waals surface area contributed by atoms with Crippen molar-refractivity contribution in [2.24, 2.45) is 11.7 Å². The molecule has 1 saturated heterocycles. The van der Waals surface area contributed by atoms with E-state index in [-0.39, 0.29) is 39.8 Å². The number of hydrogen-bond donors (Lipinski definition) is 2. The van der Waals surface area contributed by atoms with Crippen LogP contribution in [0.15, 0.2) is 35.3 Å². The van der Waals surface area contributed by atoms with E-state index < -0.39 is 34.4 Å². The van der Waals surface area contributed by atoms with Gasteiger partial charge in [0.15, 0.2) is 0 Å². The highest BCUT2D eigenvalue weighted by Gasteiger charge is 2.29. The molecule has 3 aromatic rings. The summed E-state index contributed by atoms with van der Waals surface area (Å²) in [5, 5.41) is 9.33. The molecule has 1 fully saturated rings. The molecule has 0 unspecified atom stereocenters. The molecule has 2 heterocycles. The van der Waals surface area contributed by atoms with Crippen LogP contribution in [0.3, 0.4) is 0 Å². The molecule has 1 aliphatic rings. The van der Waals surface area contributed by atoms with Crippen LogP contribution >= 0.6 is 0 Å². The van der Waals surface area contributed by atoms with E-state index in [2.05, 4.69) is 0 Å². The number of nitrogens with zero attached hydrogens (tertiary/aromatic N) is 2. The SMILES string of the molecule is Cc1c(F)c(N2CC[C@@H]([C@@H](C)N)C2)cc2c1c(=O)c(C(=O)O)cn2-c1ccc(F)cc1F. The summed E-state index contributed by atoms with van der Waals surface area (Å²) in [6.07, 6.45) is 1.75. The average molecular weight is 445 g/mol. The minimum atomic E-state index is -1.53. The Hall–Kier alpha value is -3.33. The molecule has 0 spiro atoms. The van der Waals surface area contributed by atoms with Crippen molar-refractivity contribution in [3.05, 3.63) is 69.3 Å². The minimum absolute atomic E-state index is 0.0360. The van der Waals surface area contributed by atoms with E-state index in [1.807, 2.05) is 11.8 Å².